The Morgan fingerprint density at radius 2 is 1.88 bits per heavy atom. The number of imidazole rings is 1. The van der Waals surface area contributed by atoms with Crippen molar-refractivity contribution in [1.82, 2.24) is 19.9 Å². The van der Waals surface area contributed by atoms with E-state index in [4.69, 9.17) is 0 Å². The number of rotatable bonds is 3. The second-order valence-electron chi connectivity index (χ2n) is 6.69. The van der Waals surface area contributed by atoms with Gasteiger partial charge in [-0.05, 0) is 11.6 Å². The lowest BCUT2D eigenvalue weighted by atomic mass is 9.86. The third kappa shape index (κ3) is 3.31. The first-order valence-electron chi connectivity index (χ1n) is 7.81. The van der Waals surface area contributed by atoms with E-state index in [-0.39, 0.29) is 11.4 Å². The summed E-state index contributed by atoms with van der Waals surface area (Å²) in [7, 11) is 0. The van der Waals surface area contributed by atoms with Crippen LogP contribution in [0.15, 0.2) is 42.5 Å². The summed E-state index contributed by atoms with van der Waals surface area (Å²) in [6, 6.07) is 9.50. The van der Waals surface area contributed by atoms with Gasteiger partial charge in [0.15, 0.2) is 11.4 Å². The number of H-pyrrole nitrogens is 1. The van der Waals surface area contributed by atoms with Gasteiger partial charge in [0.05, 0.1) is 17.6 Å². The van der Waals surface area contributed by atoms with E-state index in [1.165, 1.54) is 6.33 Å². The number of nitrogens with zero attached hydrogens (tertiary/aromatic N) is 4. The first kappa shape index (κ1) is 16.5. The average molecular weight is 331 g/mol. The number of allylic oxidation sites excluding steroid dienone is 1. The molecular weight excluding hydrogens is 314 g/mol. The molecule has 0 spiro atoms. The zero-order chi connectivity index (χ0) is 18.0. The normalized spacial score (nSPS) is 12.2. The van der Waals surface area contributed by atoms with Crippen LogP contribution in [-0.4, -0.2) is 25.7 Å². The number of nitriles is 1. The number of carbonyl (C=O) groups is 1. The van der Waals surface area contributed by atoms with E-state index in [9.17, 15) is 10.1 Å². The van der Waals surface area contributed by atoms with Gasteiger partial charge in [0.1, 0.15) is 17.9 Å². The van der Waals surface area contributed by atoms with Crippen LogP contribution >= 0.6 is 0 Å². The zero-order valence-electron chi connectivity index (χ0n) is 14.2. The summed E-state index contributed by atoms with van der Waals surface area (Å²) in [5.41, 5.74) is 3.38. The summed E-state index contributed by atoms with van der Waals surface area (Å²) in [5.74, 6) is -0.172. The Bertz CT molecular complexity index is 1000. The second-order valence-corrected chi connectivity index (χ2v) is 6.69. The number of nitrogens with one attached hydrogen (secondary N) is 1. The Morgan fingerprint density at radius 3 is 2.52 bits per heavy atom. The maximum Gasteiger partial charge on any atom is 0.181 e. The fourth-order valence-electron chi connectivity index (χ4n) is 2.44. The van der Waals surface area contributed by atoms with Crippen LogP contribution in [-0.2, 0) is 4.79 Å². The minimum atomic E-state index is -0.589. The Morgan fingerprint density at radius 1 is 1.16 bits per heavy atom. The van der Waals surface area contributed by atoms with Crippen molar-refractivity contribution in [3.63, 3.8) is 0 Å². The van der Waals surface area contributed by atoms with Gasteiger partial charge < -0.3 is 4.98 Å². The second kappa shape index (κ2) is 6.29. The van der Waals surface area contributed by atoms with Crippen LogP contribution in [0, 0.1) is 16.7 Å². The molecule has 0 aliphatic heterocycles. The largest absolute Gasteiger partial charge is 0.341 e. The predicted molar refractivity (Wildman–Crippen MR) is 95.2 cm³/mol. The number of benzene rings is 1. The lowest BCUT2D eigenvalue weighted by molar-refractivity contribution is -0.121. The number of carbonyl (C=O) groups excluding carboxylic acids is 1. The van der Waals surface area contributed by atoms with Crippen LogP contribution in [0.2, 0.25) is 0 Å². The summed E-state index contributed by atoms with van der Waals surface area (Å²) < 4.78 is 0. The van der Waals surface area contributed by atoms with Crippen molar-refractivity contribution >= 4 is 23.0 Å². The molecule has 2 aromatic heterocycles. The third-order valence-electron chi connectivity index (χ3n) is 3.76. The van der Waals surface area contributed by atoms with Crippen molar-refractivity contribution in [2.24, 2.45) is 5.41 Å². The molecule has 0 atom stereocenters. The van der Waals surface area contributed by atoms with Crippen molar-refractivity contribution in [3.8, 4) is 17.3 Å². The number of hydrogen-bond donors (Lipinski definition) is 1. The van der Waals surface area contributed by atoms with Crippen LogP contribution in [0.4, 0.5) is 0 Å². The maximum atomic E-state index is 12.3. The number of Topliss-reactive ketones (excluding diaryl/α,β-unsaturated/α-hetero) is 1. The molecule has 0 unspecified atom stereocenters. The van der Waals surface area contributed by atoms with Crippen LogP contribution in [0.3, 0.4) is 0 Å². The highest BCUT2D eigenvalue weighted by Crippen LogP contribution is 2.25. The van der Waals surface area contributed by atoms with Gasteiger partial charge in [-0.3, -0.25) is 4.79 Å². The Hall–Kier alpha value is -3.33. The van der Waals surface area contributed by atoms with Gasteiger partial charge in [-0.2, -0.15) is 5.26 Å². The quantitative estimate of drug-likeness (QED) is 0.585. The molecule has 1 N–H and O–H groups in total. The molecule has 0 bridgehead atoms. The number of aromatic nitrogens is 4. The van der Waals surface area contributed by atoms with Crippen molar-refractivity contribution < 1.29 is 4.79 Å². The molecule has 124 valence electrons. The monoisotopic (exact) mass is 331 g/mol. The van der Waals surface area contributed by atoms with Crippen LogP contribution in [0.5, 0.6) is 0 Å². The van der Waals surface area contributed by atoms with E-state index in [0.717, 1.165) is 22.3 Å². The van der Waals surface area contributed by atoms with Crippen molar-refractivity contribution in [2.75, 3.05) is 0 Å². The van der Waals surface area contributed by atoms with Crippen LogP contribution in [0.1, 0.15) is 26.3 Å². The van der Waals surface area contributed by atoms with E-state index in [2.05, 4.69) is 19.9 Å². The van der Waals surface area contributed by atoms with Gasteiger partial charge in [0, 0.05) is 11.0 Å². The van der Waals surface area contributed by atoms with Crippen molar-refractivity contribution in [3.05, 3.63) is 48.1 Å². The highest BCUT2D eigenvalue weighted by molar-refractivity contribution is 6.06. The smallest absolute Gasteiger partial charge is 0.181 e. The number of aromatic amines is 1. The topological polar surface area (TPSA) is 95.3 Å². The standard InChI is InChI=1S/C19H17N5O/c1-19(2,3)17(25)14(9-20)8-12-4-6-13(7-5-12)15-16-18(23-10-21-15)24-11-22-16/h4-8,10-11H,1-3H3,(H,21,22,23,24)/b14-8-. The highest BCUT2D eigenvalue weighted by atomic mass is 16.1. The first-order valence-corrected chi connectivity index (χ1v) is 7.81. The minimum Gasteiger partial charge on any atom is -0.341 e. The fourth-order valence-corrected chi connectivity index (χ4v) is 2.44. The SMILES string of the molecule is CC(C)(C)C(=O)/C(C#N)=C\c1ccc(-c2ncnc3nc[nH]c23)cc1. The lowest BCUT2D eigenvalue weighted by Crippen LogP contribution is -2.21. The molecule has 6 heteroatoms. The molecule has 1 aromatic carbocycles. The van der Waals surface area contributed by atoms with E-state index in [0.29, 0.717) is 5.65 Å². The van der Waals surface area contributed by atoms with Crippen LogP contribution < -0.4 is 0 Å². The van der Waals surface area contributed by atoms with Gasteiger partial charge >= 0.3 is 0 Å². The minimum absolute atomic E-state index is 0.151. The molecule has 0 aliphatic carbocycles. The summed E-state index contributed by atoms with van der Waals surface area (Å²) in [5, 5.41) is 9.28. The van der Waals surface area contributed by atoms with Crippen molar-refractivity contribution in [2.45, 2.75) is 20.8 Å². The average Bonchev–Trinajstić information content (AvgIpc) is 3.07. The maximum absolute atomic E-state index is 12.3. The molecule has 0 fully saturated rings. The van der Waals surface area contributed by atoms with Gasteiger partial charge in [0.25, 0.3) is 0 Å². The summed E-state index contributed by atoms with van der Waals surface area (Å²) in [6.07, 6.45) is 4.67. The molecule has 0 aliphatic rings. The van der Waals surface area contributed by atoms with Crippen LogP contribution in [0.25, 0.3) is 28.5 Å². The molecule has 0 saturated heterocycles. The molecular formula is C19H17N5O. The number of hydrogen-bond acceptors (Lipinski definition) is 5. The third-order valence-corrected chi connectivity index (χ3v) is 3.76. The van der Waals surface area contributed by atoms with E-state index < -0.39 is 5.41 Å². The lowest BCUT2D eigenvalue weighted by Gasteiger charge is -2.15. The van der Waals surface area contributed by atoms with E-state index >= 15 is 0 Å². The van der Waals surface area contributed by atoms with Gasteiger partial charge in [-0.15, -0.1) is 0 Å². The summed E-state index contributed by atoms with van der Waals surface area (Å²) >= 11 is 0. The molecule has 3 rings (SSSR count). The molecule has 3 aromatic rings. The predicted octanol–water partition coefficient (Wildman–Crippen LogP) is 3.54. The van der Waals surface area contributed by atoms with Crippen molar-refractivity contribution in [1.29, 1.82) is 5.26 Å². The molecule has 0 saturated carbocycles. The Kier molecular flexibility index (Phi) is 4.15. The van der Waals surface area contributed by atoms with Gasteiger partial charge in [-0.25, -0.2) is 15.0 Å². The Balaban J connectivity index is 1.95. The molecule has 6 nitrogen and oxygen atoms in total. The number of ketones is 1. The highest BCUT2D eigenvalue weighted by Gasteiger charge is 2.24. The van der Waals surface area contributed by atoms with Gasteiger partial charge in [0.2, 0.25) is 0 Å². The van der Waals surface area contributed by atoms with Gasteiger partial charge in [-0.1, -0.05) is 45.0 Å². The molecule has 0 radical (unpaired) electrons. The first-order chi connectivity index (χ1) is 11.9. The summed E-state index contributed by atoms with van der Waals surface area (Å²) in [6.45, 7) is 5.40. The molecule has 25 heavy (non-hydrogen) atoms. The number of fused-ring (bicyclic) bond motifs is 1. The summed E-state index contributed by atoms with van der Waals surface area (Å²) in [4.78, 5) is 27.9. The Labute approximate surface area is 145 Å². The van der Waals surface area contributed by atoms with E-state index in [1.807, 2.05) is 30.3 Å². The molecule has 0 amide bonds. The van der Waals surface area contributed by atoms with E-state index in [1.54, 1.807) is 33.2 Å². The molecule has 2 heterocycles. The fraction of sp³-hybridized carbons (Fsp3) is 0.211. The zero-order valence-corrected chi connectivity index (χ0v) is 14.2.